The lowest BCUT2D eigenvalue weighted by Crippen LogP contribution is -2.47. The SMILES string of the molecule is C[C@@H](C(=O)NCc1ccccc1CN1CCOCC1)N(c1ccc(F)c(F)c1)S(C)(=O)=O. The summed E-state index contributed by atoms with van der Waals surface area (Å²) in [7, 11) is -3.94. The zero-order valence-corrected chi connectivity index (χ0v) is 18.9. The van der Waals surface area contributed by atoms with Crippen molar-refractivity contribution in [3.63, 3.8) is 0 Å². The van der Waals surface area contributed by atoms with Crippen LogP contribution in [0.3, 0.4) is 0 Å². The summed E-state index contributed by atoms with van der Waals surface area (Å²) in [5, 5.41) is 2.77. The van der Waals surface area contributed by atoms with Gasteiger partial charge in [0.2, 0.25) is 15.9 Å². The molecule has 0 unspecified atom stereocenters. The van der Waals surface area contributed by atoms with Crippen LogP contribution in [0.5, 0.6) is 0 Å². The second-order valence-electron chi connectivity index (χ2n) is 7.71. The minimum absolute atomic E-state index is 0.123. The van der Waals surface area contributed by atoms with E-state index in [0.717, 1.165) is 59.5 Å². The molecule has 2 aromatic carbocycles. The summed E-state index contributed by atoms with van der Waals surface area (Å²) in [5.74, 6) is -2.85. The maximum atomic E-state index is 13.7. The Balaban J connectivity index is 1.72. The largest absolute Gasteiger partial charge is 0.379 e. The number of anilines is 1. The molecule has 1 amide bonds. The average molecular weight is 468 g/mol. The van der Waals surface area contributed by atoms with E-state index in [2.05, 4.69) is 10.2 Å². The molecule has 1 aliphatic heterocycles. The number of hydrogen-bond acceptors (Lipinski definition) is 5. The second kappa shape index (κ2) is 10.4. The zero-order valence-electron chi connectivity index (χ0n) is 18.1. The molecule has 10 heteroatoms. The fourth-order valence-electron chi connectivity index (χ4n) is 3.65. The number of nitrogens with one attached hydrogen (secondary N) is 1. The molecule has 0 aromatic heterocycles. The van der Waals surface area contributed by atoms with E-state index in [1.165, 1.54) is 6.92 Å². The van der Waals surface area contributed by atoms with E-state index in [1.54, 1.807) is 0 Å². The van der Waals surface area contributed by atoms with Gasteiger partial charge in [-0.15, -0.1) is 0 Å². The van der Waals surface area contributed by atoms with E-state index in [0.29, 0.717) is 13.2 Å². The number of rotatable bonds is 8. The molecule has 0 spiro atoms. The van der Waals surface area contributed by atoms with Gasteiger partial charge in [0.25, 0.3) is 0 Å². The Hall–Kier alpha value is -2.56. The van der Waals surface area contributed by atoms with Gasteiger partial charge < -0.3 is 10.1 Å². The predicted octanol–water partition coefficient (Wildman–Crippen LogP) is 2.27. The maximum absolute atomic E-state index is 13.7. The van der Waals surface area contributed by atoms with Crippen molar-refractivity contribution in [1.29, 1.82) is 0 Å². The number of sulfonamides is 1. The fraction of sp³-hybridized carbons (Fsp3) is 0.409. The Morgan fingerprint density at radius 3 is 2.41 bits per heavy atom. The van der Waals surface area contributed by atoms with Gasteiger partial charge in [-0.25, -0.2) is 17.2 Å². The molecule has 3 rings (SSSR count). The number of amides is 1. The third-order valence-corrected chi connectivity index (χ3v) is 6.56. The first-order valence-corrected chi connectivity index (χ1v) is 12.1. The van der Waals surface area contributed by atoms with Crippen molar-refractivity contribution in [3.05, 3.63) is 65.2 Å². The minimum atomic E-state index is -3.94. The van der Waals surface area contributed by atoms with Crippen molar-refractivity contribution in [2.45, 2.75) is 26.1 Å². The van der Waals surface area contributed by atoms with Gasteiger partial charge in [-0.1, -0.05) is 24.3 Å². The molecule has 32 heavy (non-hydrogen) atoms. The predicted molar refractivity (Wildman–Crippen MR) is 118 cm³/mol. The van der Waals surface area contributed by atoms with E-state index in [1.807, 2.05) is 24.3 Å². The third-order valence-electron chi connectivity index (χ3n) is 5.32. The summed E-state index contributed by atoms with van der Waals surface area (Å²) in [6, 6.07) is 9.25. The third kappa shape index (κ3) is 6.02. The lowest BCUT2D eigenvalue weighted by molar-refractivity contribution is -0.122. The number of carbonyl (C=O) groups is 1. The lowest BCUT2D eigenvalue weighted by atomic mass is 10.1. The molecule has 0 bridgehead atoms. The number of hydrogen-bond donors (Lipinski definition) is 1. The second-order valence-corrected chi connectivity index (χ2v) is 9.57. The molecule has 1 N–H and O–H groups in total. The highest BCUT2D eigenvalue weighted by Crippen LogP contribution is 2.23. The Kier molecular flexibility index (Phi) is 7.81. The van der Waals surface area contributed by atoms with Crippen LogP contribution in [0.4, 0.5) is 14.5 Å². The van der Waals surface area contributed by atoms with Crippen LogP contribution >= 0.6 is 0 Å². The van der Waals surface area contributed by atoms with E-state index in [9.17, 15) is 22.0 Å². The Bertz CT molecular complexity index is 1060. The summed E-state index contributed by atoms with van der Waals surface area (Å²) < 4.78 is 57.8. The zero-order chi connectivity index (χ0) is 23.3. The minimum Gasteiger partial charge on any atom is -0.379 e. The first kappa shape index (κ1) is 24.1. The van der Waals surface area contributed by atoms with Crippen LogP contribution in [0, 0.1) is 11.6 Å². The van der Waals surface area contributed by atoms with Crippen LogP contribution in [-0.4, -0.2) is 57.8 Å². The molecule has 1 heterocycles. The number of nitrogens with zero attached hydrogens (tertiary/aromatic N) is 2. The molecule has 2 aromatic rings. The highest BCUT2D eigenvalue weighted by atomic mass is 32.2. The van der Waals surface area contributed by atoms with E-state index in [-0.39, 0.29) is 12.2 Å². The van der Waals surface area contributed by atoms with Gasteiger partial charge in [-0.05, 0) is 30.2 Å². The van der Waals surface area contributed by atoms with Gasteiger partial charge in [-0.3, -0.25) is 14.0 Å². The van der Waals surface area contributed by atoms with Crippen molar-refractivity contribution in [1.82, 2.24) is 10.2 Å². The lowest BCUT2D eigenvalue weighted by Gasteiger charge is -2.29. The molecule has 7 nitrogen and oxygen atoms in total. The van der Waals surface area contributed by atoms with Gasteiger partial charge in [0.1, 0.15) is 6.04 Å². The topological polar surface area (TPSA) is 79.0 Å². The number of ether oxygens (including phenoxy) is 1. The van der Waals surface area contributed by atoms with Crippen LogP contribution in [0.25, 0.3) is 0 Å². The quantitative estimate of drug-likeness (QED) is 0.645. The molecule has 0 aliphatic carbocycles. The Morgan fingerprint density at radius 1 is 1.12 bits per heavy atom. The number of benzene rings is 2. The summed E-state index contributed by atoms with van der Waals surface area (Å²) in [6.45, 7) is 5.35. The summed E-state index contributed by atoms with van der Waals surface area (Å²) in [6.07, 6.45) is 0.912. The fourth-order valence-corrected chi connectivity index (χ4v) is 4.81. The van der Waals surface area contributed by atoms with Crippen molar-refractivity contribution < 1.29 is 26.7 Å². The van der Waals surface area contributed by atoms with Crippen LogP contribution < -0.4 is 9.62 Å². The van der Waals surface area contributed by atoms with Crippen LogP contribution in [0.15, 0.2) is 42.5 Å². The Morgan fingerprint density at radius 2 is 1.78 bits per heavy atom. The van der Waals surface area contributed by atoms with Gasteiger partial charge in [0.15, 0.2) is 11.6 Å². The van der Waals surface area contributed by atoms with Gasteiger partial charge in [0, 0.05) is 32.2 Å². The number of morpholine rings is 1. The first-order chi connectivity index (χ1) is 15.2. The molecule has 0 saturated carbocycles. The van der Waals surface area contributed by atoms with E-state index >= 15 is 0 Å². The van der Waals surface area contributed by atoms with Crippen LogP contribution in [0.2, 0.25) is 0 Å². The average Bonchev–Trinajstić information content (AvgIpc) is 2.75. The van der Waals surface area contributed by atoms with E-state index < -0.39 is 33.6 Å². The van der Waals surface area contributed by atoms with E-state index in [4.69, 9.17) is 4.74 Å². The first-order valence-electron chi connectivity index (χ1n) is 10.3. The molecule has 0 radical (unpaired) electrons. The summed E-state index contributed by atoms with van der Waals surface area (Å²) >= 11 is 0. The maximum Gasteiger partial charge on any atom is 0.243 e. The van der Waals surface area contributed by atoms with Crippen LogP contribution in [0.1, 0.15) is 18.1 Å². The molecule has 1 atom stereocenters. The van der Waals surface area contributed by atoms with Crippen molar-refractivity contribution in [2.24, 2.45) is 0 Å². The highest BCUT2D eigenvalue weighted by molar-refractivity contribution is 7.92. The number of carbonyl (C=O) groups excluding carboxylic acids is 1. The Labute approximate surface area is 187 Å². The smallest absolute Gasteiger partial charge is 0.243 e. The summed E-state index contributed by atoms with van der Waals surface area (Å²) in [4.78, 5) is 15.1. The molecule has 1 saturated heterocycles. The van der Waals surface area contributed by atoms with Crippen molar-refractivity contribution in [3.8, 4) is 0 Å². The van der Waals surface area contributed by atoms with Gasteiger partial charge in [-0.2, -0.15) is 0 Å². The molecule has 174 valence electrons. The molecular formula is C22H27F2N3O4S. The molecule has 1 aliphatic rings. The standard InChI is InChI=1S/C22H27F2N3O4S/c1-16(27(32(2,29)30)19-7-8-20(23)21(24)13-19)22(28)25-14-17-5-3-4-6-18(17)15-26-9-11-31-12-10-26/h3-8,13,16H,9-12,14-15H2,1-2H3,(H,25,28)/t16-/m0/s1. The van der Waals surface area contributed by atoms with Gasteiger partial charge >= 0.3 is 0 Å². The monoisotopic (exact) mass is 467 g/mol. The number of halogens is 2. The molecule has 1 fully saturated rings. The molecular weight excluding hydrogens is 440 g/mol. The van der Waals surface area contributed by atoms with Crippen molar-refractivity contribution in [2.75, 3.05) is 36.9 Å². The van der Waals surface area contributed by atoms with Crippen molar-refractivity contribution >= 4 is 21.6 Å². The van der Waals surface area contributed by atoms with Crippen LogP contribution in [-0.2, 0) is 32.6 Å². The highest BCUT2D eigenvalue weighted by Gasteiger charge is 2.29. The summed E-state index contributed by atoms with van der Waals surface area (Å²) in [5.41, 5.74) is 1.85. The van der Waals surface area contributed by atoms with Gasteiger partial charge in [0.05, 0.1) is 25.2 Å². The normalized spacial score (nSPS) is 15.9.